The van der Waals surface area contributed by atoms with Gasteiger partial charge in [0.05, 0.1) is 25.9 Å². The first-order chi connectivity index (χ1) is 23.7. The van der Waals surface area contributed by atoms with Crippen molar-refractivity contribution in [2.75, 3.05) is 19.8 Å². The summed E-state index contributed by atoms with van der Waals surface area (Å²) < 4.78 is 13.8. The summed E-state index contributed by atoms with van der Waals surface area (Å²) in [6.07, 6.45) is 5.95. The highest BCUT2D eigenvalue weighted by Gasteiger charge is 2.24. The van der Waals surface area contributed by atoms with Crippen molar-refractivity contribution in [2.24, 2.45) is 11.5 Å². The molecule has 3 aliphatic carbocycles. The van der Waals surface area contributed by atoms with E-state index < -0.39 is 17.9 Å². The fraction of sp³-hybridized carbons (Fsp3) is 0.436. The van der Waals surface area contributed by atoms with Gasteiger partial charge in [-0.05, 0) is 92.7 Å². The Morgan fingerprint density at radius 3 is 1.37 bits per heavy atom. The number of nitrogens with two attached hydrogens (primary N) is 2. The lowest BCUT2D eigenvalue weighted by atomic mass is 10.1. The molecule has 10 heteroatoms. The third-order valence-electron chi connectivity index (χ3n) is 8.34. The van der Waals surface area contributed by atoms with Gasteiger partial charge in [0.2, 0.25) is 5.91 Å². The van der Waals surface area contributed by atoms with E-state index in [0.717, 1.165) is 44.1 Å². The molecule has 0 aromatic heterocycles. The summed E-state index contributed by atoms with van der Waals surface area (Å²) >= 11 is 0. The van der Waals surface area contributed by atoms with Crippen molar-refractivity contribution in [1.29, 1.82) is 0 Å². The van der Waals surface area contributed by atoms with Gasteiger partial charge < -0.3 is 31.0 Å². The zero-order valence-electron chi connectivity index (χ0n) is 29.0. The number of rotatable bonds is 8. The van der Waals surface area contributed by atoms with Crippen LogP contribution in [0.3, 0.4) is 0 Å². The van der Waals surface area contributed by atoms with Crippen LogP contribution in [0.15, 0.2) is 72.8 Å². The van der Waals surface area contributed by atoms with Crippen LogP contribution >= 0.6 is 0 Å². The molecule has 1 unspecified atom stereocenters. The number of carbonyl (C=O) groups excluding carboxylic acids is 4. The van der Waals surface area contributed by atoms with Crippen LogP contribution in [0.4, 0.5) is 0 Å². The summed E-state index contributed by atoms with van der Waals surface area (Å²) in [5.41, 5.74) is 19.7. The summed E-state index contributed by atoms with van der Waals surface area (Å²) in [6.45, 7) is 5.98. The molecule has 3 aromatic carbocycles. The second-order valence-electron chi connectivity index (χ2n) is 11.8. The zero-order chi connectivity index (χ0) is 35.6. The lowest BCUT2D eigenvalue weighted by molar-refractivity contribution is -0.154. The van der Waals surface area contributed by atoms with E-state index in [1.807, 2.05) is 18.2 Å². The maximum absolute atomic E-state index is 11.7. The first-order valence-electron chi connectivity index (χ1n) is 17.2. The quantitative estimate of drug-likeness (QED) is 0.159. The van der Waals surface area contributed by atoms with E-state index in [1.165, 1.54) is 27.8 Å². The Hall–Kier alpha value is -4.54. The molecule has 1 amide bonds. The van der Waals surface area contributed by atoms with E-state index in [2.05, 4.69) is 69.4 Å². The van der Waals surface area contributed by atoms with Gasteiger partial charge in [-0.3, -0.25) is 19.2 Å². The van der Waals surface area contributed by atoms with E-state index in [1.54, 1.807) is 20.8 Å². The second-order valence-corrected chi connectivity index (χ2v) is 11.8. The predicted octanol–water partition coefficient (Wildman–Crippen LogP) is 5.51. The van der Waals surface area contributed by atoms with E-state index in [0.29, 0.717) is 18.7 Å². The van der Waals surface area contributed by atoms with E-state index in [4.69, 9.17) is 16.2 Å². The van der Waals surface area contributed by atoms with Gasteiger partial charge in [0.1, 0.15) is 12.8 Å². The summed E-state index contributed by atoms with van der Waals surface area (Å²) in [4.78, 5) is 44.1. The number of ether oxygens (including phenoxy) is 3. The van der Waals surface area contributed by atoms with Crippen molar-refractivity contribution in [1.82, 2.24) is 5.32 Å². The lowest BCUT2D eigenvalue weighted by Gasteiger charge is -2.13. The summed E-state index contributed by atoms with van der Waals surface area (Å²) in [5, 5.41) is 2.88. The summed E-state index contributed by atoms with van der Waals surface area (Å²) in [5.74, 6) is -1.81. The molecule has 0 heterocycles. The molecule has 0 saturated carbocycles. The van der Waals surface area contributed by atoms with Crippen molar-refractivity contribution in [3.05, 3.63) is 106 Å². The molecule has 0 radical (unpaired) electrons. The van der Waals surface area contributed by atoms with Crippen LogP contribution in [0.1, 0.15) is 104 Å². The predicted molar refractivity (Wildman–Crippen MR) is 188 cm³/mol. The van der Waals surface area contributed by atoms with E-state index >= 15 is 0 Å². The van der Waals surface area contributed by atoms with Gasteiger partial charge in [0.15, 0.2) is 0 Å². The van der Waals surface area contributed by atoms with Crippen molar-refractivity contribution in [3.8, 4) is 0 Å². The maximum Gasteiger partial charge on any atom is 0.317 e. The second kappa shape index (κ2) is 20.7. The molecular weight excluding hydrogens is 622 g/mol. The highest BCUT2D eigenvalue weighted by Crippen LogP contribution is 2.31. The largest absolute Gasteiger partial charge is 0.466 e. The Balaban J connectivity index is 0.000000184. The Morgan fingerprint density at radius 2 is 0.939 bits per heavy atom. The molecule has 10 nitrogen and oxygen atoms in total. The highest BCUT2D eigenvalue weighted by molar-refractivity contribution is 5.94. The van der Waals surface area contributed by atoms with Gasteiger partial charge in [-0.1, -0.05) is 72.8 Å². The fourth-order valence-electron chi connectivity index (χ4n) is 6.02. The molecule has 0 saturated heterocycles. The molecule has 0 aliphatic heterocycles. The fourth-order valence-corrected chi connectivity index (χ4v) is 6.02. The van der Waals surface area contributed by atoms with Crippen molar-refractivity contribution >= 4 is 23.8 Å². The van der Waals surface area contributed by atoms with Crippen LogP contribution in [0.5, 0.6) is 0 Å². The van der Waals surface area contributed by atoms with Crippen LogP contribution in [0.2, 0.25) is 0 Å². The first kappa shape index (κ1) is 38.9. The SMILES string of the molecule is CCOC(=O)CC(=O)N[C@@H]1CCc2ccccc21.CCOC(=O)CC(=O)OCC.NC1CCc2ccccc21.N[C@H]1CCc2ccccc21. The number of hydrogen-bond acceptors (Lipinski definition) is 9. The molecule has 6 rings (SSSR count). The topological polar surface area (TPSA) is 160 Å². The Morgan fingerprint density at radius 1 is 0.571 bits per heavy atom. The molecule has 3 aromatic rings. The van der Waals surface area contributed by atoms with Crippen molar-refractivity contribution in [3.63, 3.8) is 0 Å². The van der Waals surface area contributed by atoms with Crippen LogP contribution in [-0.2, 0) is 52.7 Å². The maximum atomic E-state index is 11.7. The average Bonchev–Trinajstić information content (AvgIpc) is 3.79. The number of hydrogen-bond donors (Lipinski definition) is 3. The van der Waals surface area contributed by atoms with Gasteiger partial charge in [0, 0.05) is 12.1 Å². The van der Waals surface area contributed by atoms with Crippen LogP contribution in [0.25, 0.3) is 0 Å². The summed E-state index contributed by atoms with van der Waals surface area (Å²) in [7, 11) is 0. The highest BCUT2D eigenvalue weighted by atomic mass is 16.6. The third-order valence-corrected chi connectivity index (χ3v) is 8.34. The molecular formula is C39H51N3O7. The standard InChI is InChI=1S/C14H17NO3.2C9H11N.C7H12O4/c1-2-18-14(17)9-13(16)15-12-8-7-10-5-3-4-6-11(10)12;2*10-9-6-5-7-3-1-2-4-8(7)9;1-3-10-6(8)5-7(9)11-4-2/h3-6,12H,2,7-9H2,1H3,(H,15,16);2*1-4,9H,5-6,10H2;3-5H2,1-2H3/t12-;9-;;/m10../s1. The van der Waals surface area contributed by atoms with Crippen LogP contribution < -0.4 is 16.8 Å². The normalized spacial score (nSPS) is 17.5. The Kier molecular flexibility index (Phi) is 16.5. The van der Waals surface area contributed by atoms with E-state index in [9.17, 15) is 19.2 Å². The number of nitrogens with one attached hydrogen (secondary N) is 1. The number of benzene rings is 3. The van der Waals surface area contributed by atoms with Gasteiger partial charge >= 0.3 is 17.9 Å². The molecule has 264 valence electrons. The number of fused-ring (bicyclic) bond motifs is 3. The molecule has 0 spiro atoms. The average molecular weight is 674 g/mol. The Labute approximate surface area is 289 Å². The summed E-state index contributed by atoms with van der Waals surface area (Å²) in [6, 6.07) is 25.6. The van der Waals surface area contributed by atoms with Gasteiger partial charge in [-0.2, -0.15) is 0 Å². The van der Waals surface area contributed by atoms with Crippen molar-refractivity contribution < 1.29 is 33.4 Å². The number of carbonyl (C=O) groups is 4. The molecule has 0 bridgehead atoms. The molecule has 3 aliphatic rings. The number of esters is 3. The van der Waals surface area contributed by atoms with E-state index in [-0.39, 0.29) is 38.0 Å². The zero-order valence-corrected chi connectivity index (χ0v) is 29.0. The molecule has 5 N–H and O–H groups in total. The van der Waals surface area contributed by atoms with Crippen molar-refractivity contribution in [2.45, 2.75) is 90.3 Å². The number of amides is 1. The minimum absolute atomic E-state index is 0.0307. The van der Waals surface area contributed by atoms with Gasteiger partial charge in [-0.15, -0.1) is 0 Å². The lowest BCUT2D eigenvalue weighted by Crippen LogP contribution is -2.29. The third kappa shape index (κ3) is 12.8. The number of aryl methyl sites for hydroxylation is 3. The minimum atomic E-state index is -0.536. The van der Waals surface area contributed by atoms with Crippen LogP contribution in [0, 0.1) is 0 Å². The Bertz CT molecular complexity index is 1460. The van der Waals surface area contributed by atoms with Gasteiger partial charge in [0.25, 0.3) is 0 Å². The first-order valence-corrected chi connectivity index (χ1v) is 17.2. The monoisotopic (exact) mass is 673 g/mol. The smallest absolute Gasteiger partial charge is 0.317 e. The molecule has 49 heavy (non-hydrogen) atoms. The minimum Gasteiger partial charge on any atom is -0.466 e. The molecule has 3 atom stereocenters. The van der Waals surface area contributed by atoms with Gasteiger partial charge in [-0.25, -0.2) is 0 Å². The molecule has 0 fully saturated rings. The van der Waals surface area contributed by atoms with Crippen LogP contribution in [-0.4, -0.2) is 43.6 Å².